The van der Waals surface area contributed by atoms with Gasteiger partial charge in [-0.25, -0.2) is 4.98 Å². The highest BCUT2D eigenvalue weighted by Crippen LogP contribution is 2.26. The molecule has 174 valence electrons. The molecular weight excluding hydrogens is 418 g/mol. The monoisotopic (exact) mass is 449 g/mol. The van der Waals surface area contributed by atoms with Crippen molar-refractivity contribution < 1.29 is 14.3 Å². The molecule has 33 heavy (non-hydrogen) atoms. The first-order valence-electron chi connectivity index (χ1n) is 11.3. The highest BCUT2D eigenvalue weighted by Gasteiger charge is 2.25. The van der Waals surface area contributed by atoms with E-state index >= 15 is 0 Å². The minimum absolute atomic E-state index is 0.0942. The third-order valence-corrected chi connectivity index (χ3v) is 5.58. The Hall–Kier alpha value is -3.55. The molecule has 2 aromatic heterocycles. The Morgan fingerprint density at radius 3 is 2.67 bits per heavy atom. The second-order valence-corrected chi connectivity index (χ2v) is 8.66. The number of aryl methyl sites for hydroxylation is 1. The summed E-state index contributed by atoms with van der Waals surface area (Å²) < 4.78 is 13.6. The second-order valence-electron chi connectivity index (χ2n) is 8.66. The number of aromatic nitrogens is 3. The van der Waals surface area contributed by atoms with Gasteiger partial charge in [0.1, 0.15) is 11.9 Å². The van der Waals surface area contributed by atoms with Crippen molar-refractivity contribution in [1.82, 2.24) is 20.1 Å². The van der Waals surface area contributed by atoms with E-state index in [1.807, 2.05) is 57.2 Å². The lowest BCUT2D eigenvalue weighted by atomic mass is 10.1. The zero-order chi connectivity index (χ0) is 23.4. The van der Waals surface area contributed by atoms with Crippen LogP contribution in [0.3, 0.4) is 0 Å². The summed E-state index contributed by atoms with van der Waals surface area (Å²) in [5.41, 5.74) is 2.66. The number of amides is 1. The predicted molar refractivity (Wildman–Crippen MR) is 127 cm³/mol. The van der Waals surface area contributed by atoms with Crippen molar-refractivity contribution in [2.75, 3.05) is 18.0 Å². The third-order valence-electron chi connectivity index (χ3n) is 5.58. The number of hydrogen-bond donors (Lipinski definition) is 1. The van der Waals surface area contributed by atoms with Crippen LogP contribution >= 0.6 is 0 Å². The van der Waals surface area contributed by atoms with Crippen LogP contribution in [0.2, 0.25) is 0 Å². The number of nitrogens with zero attached hydrogens (tertiary/aromatic N) is 4. The molecule has 4 rings (SSSR count). The number of benzene rings is 1. The highest BCUT2D eigenvalue weighted by molar-refractivity contribution is 5.93. The van der Waals surface area contributed by atoms with Gasteiger partial charge in [-0.3, -0.25) is 9.48 Å². The zero-order valence-corrected chi connectivity index (χ0v) is 19.6. The molecule has 1 N–H and O–H groups in total. The van der Waals surface area contributed by atoms with Crippen LogP contribution < -0.4 is 19.7 Å². The molecule has 1 unspecified atom stereocenters. The fraction of sp³-hybridized carbons (Fsp3) is 0.400. The van der Waals surface area contributed by atoms with Crippen LogP contribution in [0.5, 0.6) is 11.6 Å². The summed E-state index contributed by atoms with van der Waals surface area (Å²) in [6.45, 7) is 7.68. The quantitative estimate of drug-likeness (QED) is 0.564. The third kappa shape index (κ3) is 5.83. The van der Waals surface area contributed by atoms with Gasteiger partial charge in [0.25, 0.3) is 5.91 Å². The molecule has 8 heteroatoms. The van der Waals surface area contributed by atoms with Gasteiger partial charge in [0.2, 0.25) is 5.88 Å². The Labute approximate surface area is 194 Å². The first-order chi connectivity index (χ1) is 15.9. The van der Waals surface area contributed by atoms with Crippen LogP contribution in [0.25, 0.3) is 0 Å². The molecule has 1 aliphatic heterocycles. The van der Waals surface area contributed by atoms with Crippen LogP contribution in [0.1, 0.15) is 49.2 Å². The molecule has 0 saturated carbocycles. The smallest absolute Gasteiger partial charge is 0.254 e. The summed E-state index contributed by atoms with van der Waals surface area (Å²) in [6.07, 6.45) is 6.20. The van der Waals surface area contributed by atoms with Crippen LogP contribution in [-0.2, 0) is 7.05 Å². The van der Waals surface area contributed by atoms with Gasteiger partial charge in [0, 0.05) is 44.2 Å². The fourth-order valence-electron chi connectivity index (χ4n) is 3.89. The molecule has 0 bridgehead atoms. The van der Waals surface area contributed by atoms with E-state index in [0.29, 0.717) is 11.4 Å². The van der Waals surface area contributed by atoms with Gasteiger partial charge in [0.05, 0.1) is 30.5 Å². The molecule has 1 saturated heterocycles. The summed E-state index contributed by atoms with van der Waals surface area (Å²) in [6, 6.07) is 11.8. The molecular formula is C25H31N5O3. The van der Waals surface area contributed by atoms with Crippen molar-refractivity contribution in [3.8, 4) is 11.6 Å². The van der Waals surface area contributed by atoms with E-state index in [9.17, 15) is 4.79 Å². The van der Waals surface area contributed by atoms with E-state index in [-0.39, 0.29) is 24.2 Å². The topological polar surface area (TPSA) is 81.5 Å². The minimum Gasteiger partial charge on any atom is -0.489 e. The summed E-state index contributed by atoms with van der Waals surface area (Å²) >= 11 is 0. The van der Waals surface area contributed by atoms with Gasteiger partial charge in [-0.05, 0) is 44.5 Å². The SMILES string of the molecule is CC(C)Oc1cc(N2CCC(Oc3ccc([C@H](C)NC(=O)c4cnn(C)c4)cc3)C2)ccn1. The molecule has 3 aromatic rings. The molecule has 0 radical (unpaired) electrons. The first kappa shape index (κ1) is 22.6. The van der Waals surface area contributed by atoms with Gasteiger partial charge in [-0.1, -0.05) is 12.1 Å². The number of carbonyl (C=O) groups excluding carboxylic acids is 1. The lowest BCUT2D eigenvalue weighted by molar-refractivity contribution is 0.0940. The van der Waals surface area contributed by atoms with Gasteiger partial charge in [-0.15, -0.1) is 0 Å². The number of hydrogen-bond acceptors (Lipinski definition) is 6. The van der Waals surface area contributed by atoms with Crippen molar-refractivity contribution in [2.45, 2.75) is 45.4 Å². The van der Waals surface area contributed by atoms with Crippen LogP contribution in [0.4, 0.5) is 5.69 Å². The summed E-state index contributed by atoms with van der Waals surface area (Å²) in [5.74, 6) is 1.34. The van der Waals surface area contributed by atoms with Crippen molar-refractivity contribution in [3.63, 3.8) is 0 Å². The Kier molecular flexibility index (Phi) is 6.82. The van der Waals surface area contributed by atoms with E-state index in [2.05, 4.69) is 20.3 Å². The molecule has 0 aliphatic carbocycles. The molecule has 1 aromatic carbocycles. The lowest BCUT2D eigenvalue weighted by Gasteiger charge is -2.20. The fourth-order valence-corrected chi connectivity index (χ4v) is 3.89. The number of carbonyl (C=O) groups is 1. The predicted octanol–water partition coefficient (Wildman–Crippen LogP) is 3.75. The Morgan fingerprint density at radius 1 is 1.18 bits per heavy atom. The maximum Gasteiger partial charge on any atom is 0.254 e. The van der Waals surface area contributed by atoms with E-state index in [1.54, 1.807) is 30.3 Å². The van der Waals surface area contributed by atoms with Gasteiger partial charge < -0.3 is 19.7 Å². The molecule has 1 amide bonds. The average molecular weight is 450 g/mol. The largest absolute Gasteiger partial charge is 0.489 e. The van der Waals surface area contributed by atoms with Gasteiger partial charge in [-0.2, -0.15) is 5.10 Å². The molecule has 8 nitrogen and oxygen atoms in total. The average Bonchev–Trinajstić information content (AvgIpc) is 3.43. The maximum atomic E-state index is 12.4. The number of rotatable bonds is 8. The van der Waals surface area contributed by atoms with Crippen molar-refractivity contribution in [1.29, 1.82) is 0 Å². The van der Waals surface area contributed by atoms with Crippen molar-refractivity contribution >= 4 is 11.6 Å². The minimum atomic E-state index is -0.139. The first-order valence-corrected chi connectivity index (χ1v) is 11.3. The summed E-state index contributed by atoms with van der Waals surface area (Å²) in [5, 5.41) is 7.05. The maximum absolute atomic E-state index is 12.4. The van der Waals surface area contributed by atoms with Gasteiger partial charge >= 0.3 is 0 Å². The number of nitrogens with one attached hydrogen (secondary N) is 1. The van der Waals surface area contributed by atoms with E-state index in [0.717, 1.165) is 36.5 Å². The summed E-state index contributed by atoms with van der Waals surface area (Å²) in [7, 11) is 1.79. The Morgan fingerprint density at radius 2 is 1.97 bits per heavy atom. The second kappa shape index (κ2) is 9.94. The number of anilines is 1. The Balaban J connectivity index is 1.31. The molecule has 2 atom stereocenters. The standard InChI is InChI=1S/C25H31N5O3/c1-17(2)32-24-13-21(9-11-26-24)30-12-10-23(16-30)33-22-7-5-19(6-8-22)18(3)28-25(31)20-14-27-29(4)15-20/h5-9,11,13-15,17-18,23H,10,12,16H2,1-4H3,(H,28,31)/t18-,23?/m0/s1. The number of ether oxygens (including phenoxy) is 2. The highest BCUT2D eigenvalue weighted by atomic mass is 16.5. The normalized spacial score (nSPS) is 16.6. The zero-order valence-electron chi connectivity index (χ0n) is 19.6. The van der Waals surface area contributed by atoms with Crippen molar-refractivity contribution in [2.24, 2.45) is 7.05 Å². The molecule has 3 heterocycles. The summed E-state index contributed by atoms with van der Waals surface area (Å²) in [4.78, 5) is 18.9. The van der Waals surface area contributed by atoms with E-state index < -0.39 is 0 Å². The number of pyridine rings is 1. The van der Waals surface area contributed by atoms with E-state index in [1.165, 1.54) is 0 Å². The van der Waals surface area contributed by atoms with Crippen LogP contribution in [0.15, 0.2) is 55.0 Å². The van der Waals surface area contributed by atoms with Crippen LogP contribution in [0, 0.1) is 0 Å². The molecule has 1 fully saturated rings. The van der Waals surface area contributed by atoms with Crippen LogP contribution in [-0.4, -0.2) is 46.0 Å². The molecule has 0 spiro atoms. The lowest BCUT2D eigenvalue weighted by Crippen LogP contribution is -2.26. The van der Waals surface area contributed by atoms with Gasteiger partial charge in [0.15, 0.2) is 0 Å². The molecule has 1 aliphatic rings. The Bertz CT molecular complexity index is 1080. The van der Waals surface area contributed by atoms with E-state index in [4.69, 9.17) is 9.47 Å². The van der Waals surface area contributed by atoms with Crippen molar-refractivity contribution in [3.05, 3.63) is 66.1 Å².